The van der Waals surface area contributed by atoms with E-state index in [1.165, 1.54) is 12.5 Å². The van der Waals surface area contributed by atoms with E-state index in [-0.39, 0.29) is 5.91 Å². The molecule has 1 heterocycles. The van der Waals surface area contributed by atoms with E-state index in [1.54, 1.807) is 0 Å². The standard InChI is InChI=1S/C24H29N3O2/c1-3-10-20-11-4-7-14-23(20)29-18-9-8-17-27-22-13-6-5-12-21(22)26-24(27)15-16-25-19(2)28/h3-7,11-14H,1,8-10,15-18H2,2H3,(H,25,28). The highest BCUT2D eigenvalue weighted by Gasteiger charge is 2.10. The van der Waals surface area contributed by atoms with Gasteiger partial charge in [-0.05, 0) is 43.0 Å². The largest absolute Gasteiger partial charge is 0.493 e. The van der Waals surface area contributed by atoms with Crippen LogP contribution in [0.4, 0.5) is 0 Å². The Morgan fingerprint density at radius 1 is 1.17 bits per heavy atom. The minimum Gasteiger partial charge on any atom is -0.493 e. The van der Waals surface area contributed by atoms with Crippen LogP contribution in [0.2, 0.25) is 0 Å². The van der Waals surface area contributed by atoms with Gasteiger partial charge in [-0.15, -0.1) is 6.58 Å². The smallest absolute Gasteiger partial charge is 0.216 e. The quantitative estimate of drug-likeness (QED) is 0.392. The Kier molecular flexibility index (Phi) is 7.45. The lowest BCUT2D eigenvalue weighted by Gasteiger charge is -2.12. The molecule has 0 unspecified atom stereocenters. The number of carbonyl (C=O) groups is 1. The second-order valence-electron chi connectivity index (χ2n) is 7.06. The molecule has 0 atom stereocenters. The van der Waals surface area contributed by atoms with Gasteiger partial charge in [0.05, 0.1) is 17.6 Å². The molecule has 5 heteroatoms. The summed E-state index contributed by atoms with van der Waals surface area (Å²) in [5, 5.41) is 2.86. The first-order chi connectivity index (χ1) is 14.2. The van der Waals surface area contributed by atoms with Crippen LogP contribution in [0.25, 0.3) is 11.0 Å². The number of hydrogen-bond acceptors (Lipinski definition) is 3. The minimum atomic E-state index is -0.0125. The molecular weight excluding hydrogens is 362 g/mol. The summed E-state index contributed by atoms with van der Waals surface area (Å²) in [5.41, 5.74) is 3.31. The van der Waals surface area contributed by atoms with E-state index in [4.69, 9.17) is 9.72 Å². The molecule has 0 spiro atoms. The second kappa shape index (κ2) is 10.5. The van der Waals surface area contributed by atoms with Crippen molar-refractivity contribution >= 4 is 16.9 Å². The number of hydrogen-bond donors (Lipinski definition) is 1. The maximum Gasteiger partial charge on any atom is 0.216 e. The fourth-order valence-electron chi connectivity index (χ4n) is 3.44. The van der Waals surface area contributed by atoms with Gasteiger partial charge in [0, 0.05) is 26.4 Å². The molecule has 0 saturated heterocycles. The maximum atomic E-state index is 11.2. The molecule has 1 amide bonds. The Hall–Kier alpha value is -3.08. The number of nitrogens with zero attached hydrogens (tertiary/aromatic N) is 2. The fourth-order valence-corrected chi connectivity index (χ4v) is 3.44. The predicted octanol–water partition coefficient (Wildman–Crippen LogP) is 4.30. The Bertz CT molecular complexity index is 962. The molecule has 0 aliphatic rings. The molecule has 0 saturated carbocycles. The van der Waals surface area contributed by atoms with Gasteiger partial charge in [0.1, 0.15) is 11.6 Å². The molecule has 0 aliphatic carbocycles. The fraction of sp³-hybridized carbons (Fsp3) is 0.333. The molecule has 0 aliphatic heterocycles. The number of para-hydroxylation sites is 3. The van der Waals surface area contributed by atoms with E-state index in [1.807, 2.05) is 42.5 Å². The van der Waals surface area contributed by atoms with E-state index in [0.29, 0.717) is 13.2 Å². The van der Waals surface area contributed by atoms with E-state index in [9.17, 15) is 4.79 Å². The Morgan fingerprint density at radius 3 is 2.79 bits per heavy atom. The summed E-state index contributed by atoms with van der Waals surface area (Å²) < 4.78 is 8.26. The summed E-state index contributed by atoms with van der Waals surface area (Å²) in [5.74, 6) is 1.94. The third kappa shape index (κ3) is 5.70. The van der Waals surface area contributed by atoms with Crippen LogP contribution in [-0.2, 0) is 24.2 Å². The van der Waals surface area contributed by atoms with Crippen LogP contribution in [0.1, 0.15) is 31.2 Å². The number of unbranched alkanes of at least 4 members (excludes halogenated alkanes) is 1. The predicted molar refractivity (Wildman–Crippen MR) is 117 cm³/mol. The Balaban J connectivity index is 1.57. The van der Waals surface area contributed by atoms with Gasteiger partial charge < -0.3 is 14.6 Å². The van der Waals surface area contributed by atoms with Gasteiger partial charge >= 0.3 is 0 Å². The van der Waals surface area contributed by atoms with Crippen LogP contribution in [0, 0.1) is 0 Å². The summed E-state index contributed by atoms with van der Waals surface area (Å²) >= 11 is 0. The molecule has 152 valence electrons. The van der Waals surface area contributed by atoms with Crippen LogP contribution < -0.4 is 10.1 Å². The zero-order valence-corrected chi connectivity index (χ0v) is 17.1. The lowest BCUT2D eigenvalue weighted by molar-refractivity contribution is -0.118. The molecule has 3 aromatic rings. The van der Waals surface area contributed by atoms with Crippen LogP contribution >= 0.6 is 0 Å². The summed E-state index contributed by atoms with van der Waals surface area (Å²) in [6.07, 6.45) is 5.39. The first kappa shape index (κ1) is 20.6. The molecule has 2 aromatic carbocycles. The molecule has 5 nitrogen and oxygen atoms in total. The van der Waals surface area contributed by atoms with Crippen LogP contribution in [0.3, 0.4) is 0 Å². The molecule has 1 N–H and O–H groups in total. The van der Waals surface area contributed by atoms with Crippen LogP contribution in [0.15, 0.2) is 61.2 Å². The van der Waals surface area contributed by atoms with Crippen LogP contribution in [0.5, 0.6) is 5.75 Å². The van der Waals surface area contributed by atoms with Gasteiger partial charge in [0.2, 0.25) is 5.91 Å². The number of aromatic nitrogens is 2. The third-order valence-electron chi connectivity index (χ3n) is 4.83. The number of nitrogens with one attached hydrogen (secondary N) is 1. The summed E-state index contributed by atoms with van der Waals surface area (Å²) in [4.78, 5) is 15.9. The summed E-state index contributed by atoms with van der Waals surface area (Å²) in [7, 11) is 0. The number of carbonyl (C=O) groups excluding carboxylic acids is 1. The molecule has 1 aromatic heterocycles. The normalized spacial score (nSPS) is 10.8. The second-order valence-corrected chi connectivity index (χ2v) is 7.06. The average molecular weight is 392 g/mol. The number of allylic oxidation sites excluding steroid dienone is 1. The summed E-state index contributed by atoms with van der Waals surface area (Å²) in [6, 6.07) is 16.3. The average Bonchev–Trinajstić information content (AvgIpc) is 3.06. The van der Waals surface area contributed by atoms with Crippen molar-refractivity contribution in [2.75, 3.05) is 13.2 Å². The zero-order chi connectivity index (χ0) is 20.5. The number of fused-ring (bicyclic) bond motifs is 1. The number of ether oxygens (including phenoxy) is 1. The van der Waals surface area contributed by atoms with Gasteiger partial charge in [-0.25, -0.2) is 4.98 Å². The van der Waals surface area contributed by atoms with Crippen molar-refractivity contribution in [3.63, 3.8) is 0 Å². The number of rotatable bonds is 11. The number of amides is 1. The lowest BCUT2D eigenvalue weighted by Crippen LogP contribution is -2.23. The highest BCUT2D eigenvalue weighted by molar-refractivity contribution is 5.76. The Labute approximate surface area is 172 Å². The van der Waals surface area contributed by atoms with Crippen molar-refractivity contribution in [1.82, 2.24) is 14.9 Å². The molecule has 0 bridgehead atoms. The first-order valence-corrected chi connectivity index (χ1v) is 10.2. The van der Waals surface area contributed by atoms with E-state index < -0.39 is 0 Å². The van der Waals surface area contributed by atoms with Crippen molar-refractivity contribution in [3.8, 4) is 5.75 Å². The maximum absolute atomic E-state index is 11.2. The monoisotopic (exact) mass is 391 g/mol. The van der Waals surface area contributed by atoms with Crippen molar-refractivity contribution in [1.29, 1.82) is 0 Å². The lowest BCUT2D eigenvalue weighted by atomic mass is 10.1. The van der Waals surface area contributed by atoms with Crippen molar-refractivity contribution in [2.45, 2.75) is 39.2 Å². The van der Waals surface area contributed by atoms with Gasteiger partial charge in [-0.2, -0.15) is 0 Å². The van der Waals surface area contributed by atoms with Crippen molar-refractivity contribution in [2.24, 2.45) is 0 Å². The van der Waals surface area contributed by atoms with Gasteiger partial charge in [0.15, 0.2) is 0 Å². The van der Waals surface area contributed by atoms with Crippen molar-refractivity contribution in [3.05, 3.63) is 72.6 Å². The van der Waals surface area contributed by atoms with E-state index in [2.05, 4.69) is 28.6 Å². The molecule has 0 fully saturated rings. The molecular formula is C24H29N3O2. The summed E-state index contributed by atoms with van der Waals surface area (Å²) in [6.45, 7) is 7.51. The van der Waals surface area contributed by atoms with E-state index >= 15 is 0 Å². The minimum absolute atomic E-state index is 0.0125. The highest BCUT2D eigenvalue weighted by atomic mass is 16.5. The third-order valence-corrected chi connectivity index (χ3v) is 4.83. The SMILES string of the molecule is C=CCc1ccccc1OCCCCn1c(CCNC(C)=O)nc2ccccc21. The number of benzene rings is 2. The van der Waals surface area contributed by atoms with Gasteiger partial charge in [0.25, 0.3) is 0 Å². The first-order valence-electron chi connectivity index (χ1n) is 10.2. The molecule has 3 rings (SSSR count). The Morgan fingerprint density at radius 2 is 1.97 bits per heavy atom. The number of aryl methyl sites for hydroxylation is 1. The molecule has 29 heavy (non-hydrogen) atoms. The van der Waals surface area contributed by atoms with Gasteiger partial charge in [-0.1, -0.05) is 36.4 Å². The topological polar surface area (TPSA) is 56.1 Å². The highest BCUT2D eigenvalue weighted by Crippen LogP contribution is 2.20. The van der Waals surface area contributed by atoms with E-state index in [0.717, 1.165) is 54.8 Å². The van der Waals surface area contributed by atoms with Crippen LogP contribution in [-0.4, -0.2) is 28.6 Å². The van der Waals surface area contributed by atoms with Crippen molar-refractivity contribution < 1.29 is 9.53 Å². The van der Waals surface area contributed by atoms with Gasteiger partial charge in [-0.3, -0.25) is 4.79 Å². The number of imidazole rings is 1. The molecule has 0 radical (unpaired) electrons. The zero-order valence-electron chi connectivity index (χ0n) is 17.1.